The number of carbonyl (C=O) groups excluding carboxylic acids is 4. The van der Waals surface area contributed by atoms with Gasteiger partial charge in [0.05, 0.1) is 12.7 Å². The minimum atomic E-state index is -1.06. The fourth-order valence-electron chi connectivity index (χ4n) is 2.88. The van der Waals surface area contributed by atoms with Crippen LogP contribution in [0, 0.1) is 0 Å². The molecule has 0 fully saturated rings. The number of hydrogen-bond acceptors (Lipinski definition) is 9. The van der Waals surface area contributed by atoms with Gasteiger partial charge in [-0.2, -0.15) is 11.8 Å². The van der Waals surface area contributed by atoms with Crippen LogP contribution in [0.2, 0.25) is 0 Å². The molecular formula is C26H40N2O8S. The van der Waals surface area contributed by atoms with E-state index < -0.39 is 41.2 Å². The van der Waals surface area contributed by atoms with Gasteiger partial charge in [-0.15, -0.1) is 0 Å². The first-order chi connectivity index (χ1) is 17.1. The summed E-state index contributed by atoms with van der Waals surface area (Å²) in [7, 11) is 0. The Labute approximate surface area is 222 Å². The van der Waals surface area contributed by atoms with E-state index in [1.807, 2.05) is 0 Å². The number of thioether (sulfide) groups is 1. The van der Waals surface area contributed by atoms with Crippen LogP contribution in [0.15, 0.2) is 24.3 Å². The number of benzene rings is 1. The molecule has 1 aromatic rings. The summed E-state index contributed by atoms with van der Waals surface area (Å²) >= 11 is 1.36. The van der Waals surface area contributed by atoms with Crippen LogP contribution in [0.1, 0.15) is 71.2 Å². The molecule has 0 unspecified atom stereocenters. The molecule has 4 N–H and O–H groups in total. The van der Waals surface area contributed by atoms with Crippen LogP contribution in [0.5, 0.6) is 0 Å². The predicted molar refractivity (Wildman–Crippen MR) is 142 cm³/mol. The summed E-state index contributed by atoms with van der Waals surface area (Å²) in [5, 5.41) is 23.5. The van der Waals surface area contributed by atoms with E-state index in [4.69, 9.17) is 14.6 Å². The highest BCUT2D eigenvalue weighted by atomic mass is 32.2. The van der Waals surface area contributed by atoms with E-state index in [9.17, 15) is 24.3 Å². The minimum Gasteiger partial charge on any atom is -0.460 e. The highest BCUT2D eigenvalue weighted by molar-refractivity contribution is 7.99. The average Bonchev–Trinajstić information content (AvgIpc) is 2.77. The van der Waals surface area contributed by atoms with Crippen molar-refractivity contribution in [2.24, 2.45) is 0 Å². The molecule has 1 rings (SSSR count). The fourth-order valence-corrected chi connectivity index (χ4v) is 3.76. The number of anilines is 1. The van der Waals surface area contributed by atoms with Gasteiger partial charge < -0.3 is 30.3 Å². The molecule has 0 aliphatic carbocycles. The van der Waals surface area contributed by atoms with Crippen molar-refractivity contribution in [2.75, 3.05) is 23.4 Å². The monoisotopic (exact) mass is 540 g/mol. The Bertz CT molecular complexity index is 907. The van der Waals surface area contributed by atoms with Crippen molar-refractivity contribution in [3.63, 3.8) is 0 Å². The molecule has 2 atom stereocenters. The quantitative estimate of drug-likeness (QED) is 0.219. The highest BCUT2D eigenvalue weighted by Gasteiger charge is 2.28. The van der Waals surface area contributed by atoms with Crippen LogP contribution in [0.4, 0.5) is 5.69 Å². The first-order valence-corrected chi connectivity index (χ1v) is 13.3. The van der Waals surface area contributed by atoms with E-state index in [0.29, 0.717) is 17.2 Å². The van der Waals surface area contributed by atoms with Crippen molar-refractivity contribution < 1.29 is 38.9 Å². The summed E-state index contributed by atoms with van der Waals surface area (Å²) in [5.41, 5.74) is -0.684. The lowest BCUT2D eigenvalue weighted by atomic mass is 10.1. The molecule has 0 aliphatic heterocycles. The number of aliphatic hydroxyl groups is 2. The molecule has 37 heavy (non-hydrogen) atoms. The molecule has 0 radical (unpaired) electrons. The Morgan fingerprint density at radius 1 is 0.946 bits per heavy atom. The predicted octanol–water partition coefficient (Wildman–Crippen LogP) is 2.66. The molecule has 0 bridgehead atoms. The summed E-state index contributed by atoms with van der Waals surface area (Å²) in [4.78, 5) is 49.7. The van der Waals surface area contributed by atoms with Crippen LogP contribution < -0.4 is 10.6 Å². The Morgan fingerprint density at radius 3 is 2.08 bits per heavy atom. The number of nitrogens with one attached hydrogen (secondary N) is 2. The number of esters is 2. The van der Waals surface area contributed by atoms with Crippen LogP contribution in [0.3, 0.4) is 0 Å². The third kappa shape index (κ3) is 14.6. The number of ether oxygens (including phenoxy) is 2. The van der Waals surface area contributed by atoms with Gasteiger partial charge in [-0.1, -0.05) is 0 Å². The van der Waals surface area contributed by atoms with Gasteiger partial charge in [0.25, 0.3) is 5.91 Å². The number of rotatable bonds is 13. The van der Waals surface area contributed by atoms with Crippen molar-refractivity contribution in [2.45, 2.75) is 84.2 Å². The van der Waals surface area contributed by atoms with E-state index in [0.717, 1.165) is 0 Å². The summed E-state index contributed by atoms with van der Waals surface area (Å²) in [5.74, 6) is -1.07. The third-order valence-corrected chi connectivity index (χ3v) is 5.59. The fraction of sp³-hybridized carbons (Fsp3) is 0.615. The van der Waals surface area contributed by atoms with E-state index in [-0.39, 0.29) is 37.3 Å². The van der Waals surface area contributed by atoms with Gasteiger partial charge in [-0.3, -0.25) is 14.4 Å². The molecule has 2 amide bonds. The van der Waals surface area contributed by atoms with Gasteiger partial charge in [0.2, 0.25) is 5.91 Å². The second kappa shape index (κ2) is 14.9. The molecule has 0 saturated carbocycles. The summed E-state index contributed by atoms with van der Waals surface area (Å²) < 4.78 is 10.7. The first kappa shape index (κ1) is 32.4. The van der Waals surface area contributed by atoms with Crippen molar-refractivity contribution in [3.05, 3.63) is 29.8 Å². The SMILES string of the molecule is CC(C)(C)OC(=O)CC[C@H](NC(=O)c1ccc(NC(=O)CCSC[C@H](O)CO)cc1)C(=O)OC(C)(C)C. The normalized spacial score (nSPS) is 13.3. The van der Waals surface area contributed by atoms with Crippen LogP contribution in [-0.2, 0) is 23.9 Å². The second-order valence-corrected chi connectivity index (χ2v) is 11.6. The first-order valence-electron chi connectivity index (χ1n) is 12.1. The van der Waals surface area contributed by atoms with E-state index in [1.54, 1.807) is 53.7 Å². The number of aliphatic hydroxyl groups excluding tert-OH is 2. The Hall–Kier alpha value is -2.63. The van der Waals surface area contributed by atoms with Gasteiger partial charge in [0.15, 0.2) is 0 Å². The number of carbonyl (C=O) groups is 4. The standard InChI is InChI=1S/C26H40N2O8S/c1-25(2,3)35-22(32)12-11-20(24(34)36-26(4,5)6)28-23(33)17-7-9-18(10-8-17)27-21(31)13-14-37-16-19(30)15-29/h7-10,19-20,29-30H,11-16H2,1-6H3,(H,27,31)(H,28,33)/t19-,20+/m1/s1. The second-order valence-electron chi connectivity index (χ2n) is 10.5. The molecule has 1 aromatic carbocycles. The van der Waals surface area contributed by atoms with Crippen LogP contribution >= 0.6 is 11.8 Å². The summed E-state index contributed by atoms with van der Waals surface area (Å²) in [6, 6.07) is 5.10. The lowest BCUT2D eigenvalue weighted by Crippen LogP contribution is -2.44. The molecule has 0 aromatic heterocycles. The minimum absolute atomic E-state index is 0.0110. The molecule has 10 nitrogen and oxygen atoms in total. The van der Waals surface area contributed by atoms with Gasteiger partial charge >= 0.3 is 11.9 Å². The average molecular weight is 541 g/mol. The zero-order valence-electron chi connectivity index (χ0n) is 22.5. The van der Waals surface area contributed by atoms with E-state index >= 15 is 0 Å². The maximum atomic E-state index is 12.8. The lowest BCUT2D eigenvalue weighted by Gasteiger charge is -2.25. The van der Waals surface area contributed by atoms with Crippen molar-refractivity contribution in [1.29, 1.82) is 0 Å². The van der Waals surface area contributed by atoms with E-state index in [1.165, 1.54) is 23.9 Å². The molecule has 11 heteroatoms. The highest BCUT2D eigenvalue weighted by Crippen LogP contribution is 2.15. The molecule has 208 valence electrons. The van der Waals surface area contributed by atoms with Crippen LogP contribution in [-0.4, -0.2) is 75.4 Å². The maximum absolute atomic E-state index is 12.8. The molecular weight excluding hydrogens is 500 g/mol. The smallest absolute Gasteiger partial charge is 0.329 e. The van der Waals surface area contributed by atoms with Gasteiger partial charge in [-0.25, -0.2) is 4.79 Å². The number of amides is 2. The largest absolute Gasteiger partial charge is 0.460 e. The molecule has 0 aliphatic rings. The third-order valence-electron chi connectivity index (χ3n) is 4.48. The molecule has 0 spiro atoms. The van der Waals surface area contributed by atoms with Gasteiger partial charge in [0.1, 0.15) is 17.2 Å². The Morgan fingerprint density at radius 2 is 1.54 bits per heavy atom. The molecule has 0 heterocycles. The van der Waals surface area contributed by atoms with Gasteiger partial charge in [0, 0.05) is 35.6 Å². The lowest BCUT2D eigenvalue weighted by molar-refractivity contribution is -0.158. The van der Waals surface area contributed by atoms with Crippen molar-refractivity contribution in [3.8, 4) is 0 Å². The van der Waals surface area contributed by atoms with E-state index in [2.05, 4.69) is 10.6 Å². The molecule has 0 saturated heterocycles. The van der Waals surface area contributed by atoms with Crippen molar-refractivity contribution in [1.82, 2.24) is 5.32 Å². The summed E-state index contributed by atoms with van der Waals surface area (Å²) in [6.45, 7) is 10.0. The number of hydrogen-bond donors (Lipinski definition) is 4. The maximum Gasteiger partial charge on any atom is 0.329 e. The Balaban J connectivity index is 2.73. The zero-order valence-corrected chi connectivity index (χ0v) is 23.3. The van der Waals surface area contributed by atoms with Crippen molar-refractivity contribution >= 4 is 41.2 Å². The van der Waals surface area contributed by atoms with Gasteiger partial charge in [-0.05, 0) is 72.2 Å². The summed E-state index contributed by atoms with van der Waals surface area (Å²) in [6.07, 6.45) is -0.653. The zero-order chi connectivity index (χ0) is 28.2. The Kier molecular flexibility index (Phi) is 13.1. The van der Waals surface area contributed by atoms with Crippen LogP contribution in [0.25, 0.3) is 0 Å². The topological polar surface area (TPSA) is 151 Å².